The monoisotopic (exact) mass is 343 g/mol. The van der Waals surface area contributed by atoms with Crippen LogP contribution in [0.15, 0.2) is 54.6 Å². The van der Waals surface area contributed by atoms with Gasteiger partial charge >= 0.3 is 10.2 Å². The van der Waals surface area contributed by atoms with Crippen molar-refractivity contribution in [3.8, 4) is 0 Å². The summed E-state index contributed by atoms with van der Waals surface area (Å²) in [5.74, 6) is 0.345. The Labute approximate surface area is 143 Å². The number of fused-ring (bicyclic) bond motifs is 1. The second-order valence-corrected chi connectivity index (χ2v) is 8.04. The summed E-state index contributed by atoms with van der Waals surface area (Å²) < 4.78 is 29.5. The minimum atomic E-state index is -3.60. The number of benzene rings is 2. The largest absolute Gasteiger partial charge is 0.330 e. The molecule has 0 aromatic heterocycles. The van der Waals surface area contributed by atoms with Gasteiger partial charge < -0.3 is 5.32 Å². The van der Waals surface area contributed by atoms with Crippen molar-refractivity contribution in [3.05, 3.63) is 54.6 Å². The average molecular weight is 343 g/mol. The SMILES string of the molecule is O=S1(=O)N(C[C@H]2CCCNC2)c2ccccc2N1c1ccccc1. The van der Waals surface area contributed by atoms with Gasteiger partial charge in [-0.2, -0.15) is 8.42 Å². The summed E-state index contributed by atoms with van der Waals surface area (Å²) in [5, 5.41) is 3.37. The number of nitrogens with zero attached hydrogens (tertiary/aromatic N) is 2. The molecule has 0 aliphatic carbocycles. The van der Waals surface area contributed by atoms with Gasteiger partial charge in [-0.3, -0.25) is 4.31 Å². The summed E-state index contributed by atoms with van der Waals surface area (Å²) in [6.07, 6.45) is 2.16. The Bertz CT molecular complexity index is 817. The molecule has 2 aliphatic heterocycles. The van der Waals surface area contributed by atoms with Gasteiger partial charge in [-0.05, 0) is 56.1 Å². The topological polar surface area (TPSA) is 52.7 Å². The normalized spacial score (nSPS) is 22.4. The smallest absolute Gasteiger partial charge is 0.316 e. The van der Waals surface area contributed by atoms with Crippen LogP contribution in [0.4, 0.5) is 17.1 Å². The molecule has 6 heteroatoms. The summed E-state index contributed by atoms with van der Waals surface area (Å²) in [7, 11) is -3.60. The van der Waals surface area contributed by atoms with E-state index in [0.717, 1.165) is 37.3 Å². The molecule has 1 atom stereocenters. The molecule has 0 saturated carbocycles. The highest BCUT2D eigenvalue weighted by molar-refractivity contribution is 7.95. The van der Waals surface area contributed by atoms with E-state index in [1.807, 2.05) is 54.6 Å². The number of rotatable bonds is 3. The fourth-order valence-electron chi connectivity index (χ4n) is 3.54. The summed E-state index contributed by atoms with van der Waals surface area (Å²) >= 11 is 0. The van der Waals surface area contributed by atoms with Crippen LogP contribution < -0.4 is 13.9 Å². The van der Waals surface area contributed by atoms with Gasteiger partial charge in [0.05, 0.1) is 17.1 Å². The van der Waals surface area contributed by atoms with Crippen molar-refractivity contribution in [2.75, 3.05) is 28.2 Å². The Hall–Kier alpha value is -2.05. The van der Waals surface area contributed by atoms with Crippen molar-refractivity contribution in [2.45, 2.75) is 12.8 Å². The predicted octanol–water partition coefficient (Wildman–Crippen LogP) is 2.89. The maximum atomic E-state index is 13.3. The number of anilines is 3. The summed E-state index contributed by atoms with van der Waals surface area (Å²) in [6.45, 7) is 2.42. The number of nitrogens with one attached hydrogen (secondary N) is 1. The summed E-state index contributed by atoms with van der Waals surface area (Å²) in [4.78, 5) is 0. The van der Waals surface area contributed by atoms with E-state index in [9.17, 15) is 8.42 Å². The van der Waals surface area contributed by atoms with Crippen LogP contribution in [0.25, 0.3) is 0 Å². The van der Waals surface area contributed by atoms with E-state index in [1.54, 1.807) is 4.31 Å². The first kappa shape index (κ1) is 15.5. The Morgan fingerprint density at radius 3 is 2.42 bits per heavy atom. The lowest BCUT2D eigenvalue weighted by Crippen LogP contribution is -2.42. The first-order valence-electron chi connectivity index (χ1n) is 8.36. The molecule has 0 amide bonds. The zero-order valence-electron chi connectivity index (χ0n) is 13.4. The molecule has 2 heterocycles. The van der Waals surface area contributed by atoms with E-state index in [4.69, 9.17) is 0 Å². The highest BCUT2D eigenvalue weighted by atomic mass is 32.2. The van der Waals surface area contributed by atoms with E-state index in [-0.39, 0.29) is 0 Å². The van der Waals surface area contributed by atoms with Crippen molar-refractivity contribution in [2.24, 2.45) is 5.92 Å². The van der Waals surface area contributed by atoms with E-state index in [1.165, 1.54) is 4.31 Å². The molecule has 2 aromatic carbocycles. The van der Waals surface area contributed by atoms with Crippen LogP contribution >= 0.6 is 0 Å². The Balaban J connectivity index is 1.75. The Morgan fingerprint density at radius 2 is 1.71 bits per heavy atom. The van der Waals surface area contributed by atoms with Crippen LogP contribution in [-0.4, -0.2) is 28.1 Å². The molecule has 2 aromatic rings. The second-order valence-electron chi connectivity index (χ2n) is 6.34. The van der Waals surface area contributed by atoms with E-state index in [2.05, 4.69) is 5.32 Å². The number of para-hydroxylation sites is 3. The van der Waals surface area contributed by atoms with E-state index in [0.29, 0.717) is 18.2 Å². The molecule has 1 N–H and O–H groups in total. The first-order chi connectivity index (χ1) is 11.7. The lowest BCUT2D eigenvalue weighted by molar-refractivity contribution is 0.386. The van der Waals surface area contributed by atoms with Gasteiger partial charge in [-0.1, -0.05) is 30.3 Å². The van der Waals surface area contributed by atoms with Crippen LogP contribution in [0.1, 0.15) is 12.8 Å². The van der Waals surface area contributed by atoms with Crippen molar-refractivity contribution in [1.29, 1.82) is 0 Å². The molecular weight excluding hydrogens is 322 g/mol. The third-order valence-corrected chi connectivity index (χ3v) is 6.46. The Morgan fingerprint density at radius 1 is 1.00 bits per heavy atom. The van der Waals surface area contributed by atoms with Gasteiger partial charge in [0.25, 0.3) is 0 Å². The minimum absolute atomic E-state index is 0.345. The molecule has 0 unspecified atom stereocenters. The maximum Gasteiger partial charge on any atom is 0.330 e. The number of piperidine rings is 1. The van der Waals surface area contributed by atoms with Crippen LogP contribution in [0.5, 0.6) is 0 Å². The molecule has 126 valence electrons. The third-order valence-electron chi connectivity index (χ3n) is 4.69. The minimum Gasteiger partial charge on any atom is -0.316 e. The zero-order valence-corrected chi connectivity index (χ0v) is 14.2. The number of hydrogen-bond donors (Lipinski definition) is 1. The van der Waals surface area contributed by atoms with E-state index < -0.39 is 10.2 Å². The molecule has 2 aliphatic rings. The predicted molar refractivity (Wildman–Crippen MR) is 96.9 cm³/mol. The lowest BCUT2D eigenvalue weighted by atomic mass is 9.99. The van der Waals surface area contributed by atoms with Gasteiger partial charge in [0, 0.05) is 6.54 Å². The van der Waals surface area contributed by atoms with Gasteiger partial charge in [-0.15, -0.1) is 0 Å². The summed E-state index contributed by atoms with van der Waals surface area (Å²) in [6, 6.07) is 16.8. The van der Waals surface area contributed by atoms with Gasteiger partial charge in [-0.25, -0.2) is 4.31 Å². The van der Waals surface area contributed by atoms with Gasteiger partial charge in [0.2, 0.25) is 0 Å². The standard InChI is InChI=1S/C18H21N3O2S/c22-24(23)20(14-15-7-6-12-19-13-15)17-10-4-5-11-18(17)21(24)16-8-2-1-3-9-16/h1-5,8-11,15,19H,6-7,12-14H2/t15-/m0/s1. The Kier molecular flexibility index (Phi) is 3.94. The molecule has 1 saturated heterocycles. The lowest BCUT2D eigenvalue weighted by Gasteiger charge is -2.28. The van der Waals surface area contributed by atoms with Gasteiger partial charge in [0.1, 0.15) is 0 Å². The molecule has 1 fully saturated rings. The van der Waals surface area contributed by atoms with Crippen LogP contribution in [0, 0.1) is 5.92 Å². The van der Waals surface area contributed by atoms with Crippen LogP contribution in [0.2, 0.25) is 0 Å². The molecule has 0 radical (unpaired) electrons. The van der Waals surface area contributed by atoms with Crippen molar-refractivity contribution < 1.29 is 8.42 Å². The van der Waals surface area contributed by atoms with Crippen molar-refractivity contribution >= 4 is 27.3 Å². The van der Waals surface area contributed by atoms with Crippen LogP contribution in [0.3, 0.4) is 0 Å². The average Bonchev–Trinajstić information content (AvgIpc) is 2.84. The molecule has 24 heavy (non-hydrogen) atoms. The third kappa shape index (κ3) is 2.56. The van der Waals surface area contributed by atoms with Crippen LogP contribution in [-0.2, 0) is 10.2 Å². The molecular formula is C18H21N3O2S. The molecule has 5 nitrogen and oxygen atoms in total. The maximum absolute atomic E-state index is 13.3. The molecule has 4 rings (SSSR count). The highest BCUT2D eigenvalue weighted by Crippen LogP contribution is 2.45. The number of hydrogen-bond acceptors (Lipinski definition) is 3. The fourth-order valence-corrected chi connectivity index (χ4v) is 5.33. The van der Waals surface area contributed by atoms with Gasteiger partial charge in [0.15, 0.2) is 0 Å². The quantitative estimate of drug-likeness (QED) is 0.932. The zero-order chi connectivity index (χ0) is 16.6. The molecule has 0 bridgehead atoms. The van der Waals surface area contributed by atoms with Crippen molar-refractivity contribution in [1.82, 2.24) is 5.32 Å². The van der Waals surface area contributed by atoms with Crippen molar-refractivity contribution in [3.63, 3.8) is 0 Å². The fraction of sp³-hybridized carbons (Fsp3) is 0.333. The van der Waals surface area contributed by atoms with E-state index >= 15 is 0 Å². The second kappa shape index (κ2) is 6.11. The summed E-state index contributed by atoms with van der Waals surface area (Å²) in [5.41, 5.74) is 2.17. The first-order valence-corrected chi connectivity index (χ1v) is 9.75. The molecule has 0 spiro atoms. The highest BCUT2D eigenvalue weighted by Gasteiger charge is 2.41.